The van der Waals surface area contributed by atoms with Crippen LogP contribution >= 0.6 is 0 Å². The highest BCUT2D eigenvalue weighted by molar-refractivity contribution is 5.41. The molecule has 0 radical (unpaired) electrons. The fourth-order valence-electron chi connectivity index (χ4n) is 2.53. The van der Waals surface area contributed by atoms with Crippen LogP contribution in [0.5, 0.6) is 0 Å². The Morgan fingerprint density at radius 3 is 2.93 bits per heavy atom. The summed E-state index contributed by atoms with van der Waals surface area (Å²) in [4.78, 5) is 2.35. The Hall–Kier alpha value is -1.51. The molecule has 1 aromatic heterocycles. The predicted octanol–water partition coefficient (Wildman–Crippen LogP) is 1.13. The molecule has 2 atom stereocenters. The van der Waals surface area contributed by atoms with Crippen molar-refractivity contribution in [1.82, 2.24) is 4.57 Å². The van der Waals surface area contributed by atoms with E-state index in [9.17, 15) is 0 Å². The maximum absolute atomic E-state index is 2.35. The zero-order valence-corrected chi connectivity index (χ0v) is 9.17. The van der Waals surface area contributed by atoms with Crippen LogP contribution in [-0.2, 0) is 14.1 Å². The molecule has 1 aliphatic carbocycles. The molecule has 2 aliphatic rings. The number of allylic oxidation sites excluding steroid dienone is 2. The standard InChI is InChI=1S/C12H16N3/c1-13-7-8-14(2)12(13)15-6-5-10-3-4-11(15)9-10/h3-8,10-11H,9H2,1-2H3/q+1. The maximum Gasteiger partial charge on any atom is 0.364 e. The van der Waals surface area contributed by atoms with Gasteiger partial charge in [-0.2, -0.15) is 0 Å². The van der Waals surface area contributed by atoms with Gasteiger partial charge in [0.15, 0.2) is 0 Å². The van der Waals surface area contributed by atoms with Crippen LogP contribution in [0.3, 0.4) is 0 Å². The first-order valence-electron chi connectivity index (χ1n) is 5.41. The summed E-state index contributed by atoms with van der Waals surface area (Å²) in [5, 5.41) is 0. The summed E-state index contributed by atoms with van der Waals surface area (Å²) in [6.07, 6.45) is 14.5. The third-order valence-electron chi connectivity index (χ3n) is 3.32. The second-order valence-electron chi connectivity index (χ2n) is 4.42. The number of anilines is 1. The van der Waals surface area contributed by atoms with Crippen LogP contribution in [0.15, 0.2) is 36.8 Å². The molecule has 0 saturated carbocycles. The van der Waals surface area contributed by atoms with Crippen molar-refractivity contribution in [3.8, 4) is 0 Å². The lowest BCUT2D eigenvalue weighted by atomic mass is 10.0. The Morgan fingerprint density at radius 2 is 2.20 bits per heavy atom. The van der Waals surface area contributed by atoms with E-state index in [2.05, 4.69) is 65.0 Å². The lowest BCUT2D eigenvalue weighted by molar-refractivity contribution is -0.657. The van der Waals surface area contributed by atoms with E-state index in [1.54, 1.807) is 0 Å². The normalized spacial score (nSPS) is 27.7. The smallest absolute Gasteiger partial charge is 0.238 e. The molecule has 0 aromatic carbocycles. The highest BCUT2D eigenvalue weighted by Gasteiger charge is 2.33. The van der Waals surface area contributed by atoms with Crippen LogP contribution in [0.2, 0.25) is 0 Å². The molecule has 3 rings (SSSR count). The van der Waals surface area contributed by atoms with Crippen LogP contribution in [0, 0.1) is 5.92 Å². The molecule has 0 N–H and O–H groups in total. The highest BCUT2D eigenvalue weighted by Crippen LogP contribution is 2.30. The molecule has 2 unspecified atom stereocenters. The molecule has 3 heteroatoms. The minimum atomic E-state index is 0.541. The van der Waals surface area contributed by atoms with Crippen molar-refractivity contribution in [2.75, 3.05) is 4.90 Å². The van der Waals surface area contributed by atoms with Crippen LogP contribution < -0.4 is 9.47 Å². The van der Waals surface area contributed by atoms with E-state index in [-0.39, 0.29) is 0 Å². The second kappa shape index (κ2) is 2.99. The van der Waals surface area contributed by atoms with Gasteiger partial charge in [-0.05, 0) is 12.5 Å². The third kappa shape index (κ3) is 1.23. The van der Waals surface area contributed by atoms with Crippen molar-refractivity contribution < 1.29 is 4.57 Å². The van der Waals surface area contributed by atoms with Gasteiger partial charge >= 0.3 is 5.95 Å². The lowest BCUT2D eigenvalue weighted by Crippen LogP contribution is -2.41. The molecule has 0 amide bonds. The van der Waals surface area contributed by atoms with Gasteiger partial charge in [0.05, 0.1) is 32.7 Å². The number of imidazole rings is 1. The molecule has 1 aromatic rings. The molecule has 0 fully saturated rings. The topological polar surface area (TPSA) is 12.0 Å². The Kier molecular flexibility index (Phi) is 1.75. The average molecular weight is 202 g/mol. The van der Waals surface area contributed by atoms with Crippen LogP contribution in [0.1, 0.15) is 6.42 Å². The first-order valence-corrected chi connectivity index (χ1v) is 5.41. The second-order valence-corrected chi connectivity index (χ2v) is 4.42. The zero-order valence-electron chi connectivity index (χ0n) is 9.17. The number of fused-ring (bicyclic) bond motifs is 2. The van der Waals surface area contributed by atoms with Crippen LogP contribution in [0.4, 0.5) is 5.95 Å². The summed E-state index contributed by atoms with van der Waals surface area (Å²) in [6.45, 7) is 0. The van der Waals surface area contributed by atoms with E-state index in [0.717, 1.165) is 0 Å². The summed E-state index contributed by atoms with van der Waals surface area (Å²) in [5.41, 5.74) is 0. The first kappa shape index (κ1) is 8.77. The van der Waals surface area contributed by atoms with E-state index in [1.807, 2.05) is 0 Å². The summed E-state index contributed by atoms with van der Waals surface area (Å²) in [7, 11) is 4.18. The van der Waals surface area contributed by atoms with Crippen molar-refractivity contribution in [2.24, 2.45) is 20.0 Å². The van der Waals surface area contributed by atoms with Gasteiger partial charge in [-0.3, -0.25) is 0 Å². The quantitative estimate of drug-likeness (QED) is 0.491. The van der Waals surface area contributed by atoms with Gasteiger partial charge in [-0.1, -0.05) is 12.2 Å². The molecule has 15 heavy (non-hydrogen) atoms. The van der Waals surface area contributed by atoms with Crippen molar-refractivity contribution in [2.45, 2.75) is 12.5 Å². The molecular weight excluding hydrogens is 186 g/mol. The molecule has 78 valence electrons. The van der Waals surface area contributed by atoms with E-state index in [0.29, 0.717) is 12.0 Å². The van der Waals surface area contributed by atoms with E-state index < -0.39 is 0 Å². The van der Waals surface area contributed by atoms with E-state index in [4.69, 9.17) is 0 Å². The number of aromatic nitrogens is 2. The van der Waals surface area contributed by atoms with Gasteiger partial charge in [0, 0.05) is 5.92 Å². The Bertz CT molecular complexity index is 422. The van der Waals surface area contributed by atoms with Crippen molar-refractivity contribution in [1.29, 1.82) is 0 Å². The number of nitrogens with zero attached hydrogens (tertiary/aromatic N) is 3. The molecule has 1 aliphatic heterocycles. The van der Waals surface area contributed by atoms with Gasteiger partial charge in [0.25, 0.3) is 0 Å². The number of hydrogen-bond acceptors (Lipinski definition) is 1. The summed E-state index contributed by atoms with van der Waals surface area (Å²) >= 11 is 0. The van der Waals surface area contributed by atoms with Gasteiger partial charge in [-0.15, -0.1) is 0 Å². The first-order chi connectivity index (χ1) is 7.25. The molecule has 3 nitrogen and oxygen atoms in total. The molecule has 2 bridgehead atoms. The van der Waals surface area contributed by atoms with Crippen LogP contribution in [0.25, 0.3) is 0 Å². The van der Waals surface area contributed by atoms with E-state index >= 15 is 0 Å². The Labute approximate surface area is 89.9 Å². The fourth-order valence-corrected chi connectivity index (χ4v) is 2.53. The third-order valence-corrected chi connectivity index (χ3v) is 3.32. The highest BCUT2D eigenvalue weighted by atomic mass is 15.3. The summed E-state index contributed by atoms with van der Waals surface area (Å²) in [5.74, 6) is 1.90. The molecule has 0 spiro atoms. The van der Waals surface area contributed by atoms with Gasteiger partial charge in [0.2, 0.25) is 0 Å². The SMILES string of the molecule is Cn1cc[n+](C)c1N1C=CC2C=CC1C2. The fraction of sp³-hybridized carbons (Fsp3) is 0.417. The largest absolute Gasteiger partial charge is 0.364 e. The van der Waals surface area contributed by atoms with Gasteiger partial charge in [-0.25, -0.2) is 14.0 Å². The Balaban J connectivity index is 2.04. The predicted molar refractivity (Wildman–Crippen MR) is 59.2 cm³/mol. The summed E-state index contributed by atoms with van der Waals surface area (Å²) < 4.78 is 4.33. The van der Waals surface area contributed by atoms with E-state index in [1.165, 1.54) is 12.4 Å². The molecule has 0 saturated heterocycles. The monoisotopic (exact) mass is 202 g/mol. The Morgan fingerprint density at radius 1 is 1.33 bits per heavy atom. The molecule has 2 heterocycles. The van der Waals surface area contributed by atoms with Crippen molar-refractivity contribution >= 4 is 5.95 Å². The minimum Gasteiger partial charge on any atom is -0.238 e. The summed E-state index contributed by atoms with van der Waals surface area (Å²) in [6, 6.07) is 0.541. The lowest BCUT2D eigenvalue weighted by Gasteiger charge is -2.24. The number of aryl methyl sites for hydroxylation is 2. The van der Waals surface area contributed by atoms with Crippen LogP contribution in [-0.4, -0.2) is 10.6 Å². The van der Waals surface area contributed by atoms with Gasteiger partial charge in [0.1, 0.15) is 6.04 Å². The number of hydrogen-bond donors (Lipinski definition) is 0. The minimum absolute atomic E-state index is 0.541. The maximum atomic E-state index is 2.35. The average Bonchev–Trinajstić information content (AvgIpc) is 2.76. The van der Waals surface area contributed by atoms with Crippen molar-refractivity contribution in [3.05, 3.63) is 36.8 Å². The van der Waals surface area contributed by atoms with Crippen molar-refractivity contribution in [3.63, 3.8) is 0 Å². The number of rotatable bonds is 1. The van der Waals surface area contributed by atoms with Gasteiger partial charge < -0.3 is 0 Å². The zero-order chi connectivity index (χ0) is 10.4. The molecular formula is C12H16N3+.